The summed E-state index contributed by atoms with van der Waals surface area (Å²) in [5, 5.41) is 12.1. The van der Waals surface area contributed by atoms with Gasteiger partial charge in [0.1, 0.15) is 17.5 Å². The standard InChI is InChI=1S/C11H17N5/c1-4-7(2)8(3)15-10-9(5-12)6-14-11(13)16-10/h6-8H,4H2,1-3H3,(H3,13,14,15,16). The number of aromatic nitrogens is 2. The molecule has 0 aliphatic heterocycles. The maximum absolute atomic E-state index is 8.91. The topological polar surface area (TPSA) is 87.6 Å². The predicted molar refractivity (Wildman–Crippen MR) is 63.7 cm³/mol. The second kappa shape index (κ2) is 5.31. The SMILES string of the molecule is CCC(C)C(C)Nc1nc(N)ncc1C#N. The first-order valence-electron chi connectivity index (χ1n) is 5.37. The van der Waals surface area contributed by atoms with Gasteiger partial charge in [-0.1, -0.05) is 20.3 Å². The Kier molecular flexibility index (Phi) is 4.06. The van der Waals surface area contributed by atoms with Crippen molar-refractivity contribution < 1.29 is 0 Å². The number of nitrogens with one attached hydrogen (secondary N) is 1. The zero-order valence-electron chi connectivity index (χ0n) is 9.86. The van der Waals surface area contributed by atoms with Crippen LogP contribution in [-0.4, -0.2) is 16.0 Å². The van der Waals surface area contributed by atoms with Gasteiger partial charge in [0, 0.05) is 6.04 Å². The van der Waals surface area contributed by atoms with Crippen LogP contribution in [0, 0.1) is 17.2 Å². The number of nitriles is 1. The molecule has 2 unspecified atom stereocenters. The van der Waals surface area contributed by atoms with Crippen LogP contribution in [0.5, 0.6) is 0 Å². The van der Waals surface area contributed by atoms with E-state index >= 15 is 0 Å². The highest BCUT2D eigenvalue weighted by molar-refractivity contribution is 5.53. The lowest BCUT2D eigenvalue weighted by atomic mass is 10.0. The number of nitrogen functional groups attached to an aromatic ring is 1. The van der Waals surface area contributed by atoms with Crippen LogP contribution in [0.4, 0.5) is 11.8 Å². The minimum Gasteiger partial charge on any atom is -0.368 e. The van der Waals surface area contributed by atoms with Crippen LogP contribution in [0.1, 0.15) is 32.8 Å². The largest absolute Gasteiger partial charge is 0.368 e. The molecule has 1 aromatic heterocycles. The summed E-state index contributed by atoms with van der Waals surface area (Å²) >= 11 is 0. The first-order valence-corrected chi connectivity index (χ1v) is 5.37. The third kappa shape index (κ3) is 2.83. The van der Waals surface area contributed by atoms with Gasteiger partial charge in [0.25, 0.3) is 0 Å². The average molecular weight is 219 g/mol. The molecule has 0 aliphatic rings. The normalized spacial score (nSPS) is 13.9. The lowest BCUT2D eigenvalue weighted by Gasteiger charge is -2.20. The highest BCUT2D eigenvalue weighted by atomic mass is 15.1. The summed E-state index contributed by atoms with van der Waals surface area (Å²) in [5.41, 5.74) is 5.92. The molecule has 0 bridgehead atoms. The van der Waals surface area contributed by atoms with Gasteiger partial charge < -0.3 is 11.1 Å². The summed E-state index contributed by atoms with van der Waals surface area (Å²) in [6.07, 6.45) is 2.50. The van der Waals surface area contributed by atoms with Crippen LogP contribution in [0.3, 0.4) is 0 Å². The Balaban J connectivity index is 2.88. The van der Waals surface area contributed by atoms with E-state index in [1.807, 2.05) is 6.07 Å². The number of hydrogen-bond acceptors (Lipinski definition) is 5. The monoisotopic (exact) mass is 219 g/mol. The molecule has 3 N–H and O–H groups in total. The Morgan fingerprint density at radius 3 is 2.81 bits per heavy atom. The van der Waals surface area contributed by atoms with Crippen molar-refractivity contribution in [2.45, 2.75) is 33.2 Å². The highest BCUT2D eigenvalue weighted by Crippen LogP contribution is 2.16. The van der Waals surface area contributed by atoms with Gasteiger partial charge in [-0.15, -0.1) is 0 Å². The summed E-state index contributed by atoms with van der Waals surface area (Å²) < 4.78 is 0. The summed E-state index contributed by atoms with van der Waals surface area (Å²) in [4.78, 5) is 7.82. The third-order valence-electron chi connectivity index (χ3n) is 2.79. The molecule has 0 radical (unpaired) electrons. The van der Waals surface area contributed by atoms with Crippen LogP contribution in [0.25, 0.3) is 0 Å². The smallest absolute Gasteiger partial charge is 0.222 e. The highest BCUT2D eigenvalue weighted by Gasteiger charge is 2.13. The predicted octanol–water partition coefficient (Wildman–Crippen LogP) is 1.78. The fraction of sp³-hybridized carbons (Fsp3) is 0.545. The first-order chi connectivity index (χ1) is 7.58. The van der Waals surface area contributed by atoms with Crippen LogP contribution >= 0.6 is 0 Å². The molecule has 5 nitrogen and oxygen atoms in total. The molecule has 0 saturated carbocycles. The Bertz CT molecular complexity index is 396. The van der Waals surface area contributed by atoms with Crippen molar-refractivity contribution in [1.29, 1.82) is 5.26 Å². The van der Waals surface area contributed by atoms with Gasteiger partial charge in [-0.3, -0.25) is 0 Å². The van der Waals surface area contributed by atoms with Gasteiger partial charge in [0.15, 0.2) is 0 Å². The zero-order valence-corrected chi connectivity index (χ0v) is 9.86. The maximum Gasteiger partial charge on any atom is 0.222 e. The second-order valence-corrected chi connectivity index (χ2v) is 3.92. The number of nitrogens with zero attached hydrogens (tertiary/aromatic N) is 3. The van der Waals surface area contributed by atoms with E-state index in [0.29, 0.717) is 17.3 Å². The van der Waals surface area contributed by atoms with E-state index in [-0.39, 0.29) is 12.0 Å². The Morgan fingerprint density at radius 1 is 1.56 bits per heavy atom. The molecule has 0 aliphatic carbocycles. The third-order valence-corrected chi connectivity index (χ3v) is 2.79. The minimum absolute atomic E-state index is 0.179. The van der Waals surface area contributed by atoms with Crippen molar-refractivity contribution in [1.82, 2.24) is 9.97 Å². The van der Waals surface area contributed by atoms with Crippen molar-refractivity contribution >= 4 is 11.8 Å². The van der Waals surface area contributed by atoms with Crippen LogP contribution in [-0.2, 0) is 0 Å². The Morgan fingerprint density at radius 2 is 2.25 bits per heavy atom. The Hall–Kier alpha value is -1.83. The van der Waals surface area contributed by atoms with Gasteiger partial charge in [0.2, 0.25) is 5.95 Å². The van der Waals surface area contributed by atoms with Crippen LogP contribution in [0.15, 0.2) is 6.20 Å². The molecule has 1 rings (SSSR count). The van der Waals surface area contributed by atoms with Gasteiger partial charge in [-0.25, -0.2) is 4.98 Å². The van der Waals surface area contributed by atoms with Crippen molar-refractivity contribution in [3.63, 3.8) is 0 Å². The fourth-order valence-electron chi connectivity index (χ4n) is 1.30. The molecule has 0 spiro atoms. The molecule has 0 saturated heterocycles. The van der Waals surface area contributed by atoms with Crippen molar-refractivity contribution in [2.24, 2.45) is 5.92 Å². The van der Waals surface area contributed by atoms with Crippen molar-refractivity contribution in [2.75, 3.05) is 11.1 Å². The van der Waals surface area contributed by atoms with Crippen LogP contribution in [0.2, 0.25) is 0 Å². The number of rotatable bonds is 4. The van der Waals surface area contributed by atoms with Crippen molar-refractivity contribution in [3.05, 3.63) is 11.8 Å². The quantitative estimate of drug-likeness (QED) is 0.805. The molecule has 0 aromatic carbocycles. The molecule has 2 atom stereocenters. The zero-order chi connectivity index (χ0) is 12.1. The summed E-state index contributed by atoms with van der Waals surface area (Å²) in [5.74, 6) is 1.20. The van der Waals surface area contributed by atoms with E-state index in [2.05, 4.69) is 36.1 Å². The molecule has 16 heavy (non-hydrogen) atoms. The molecule has 1 aromatic rings. The lowest BCUT2D eigenvalue weighted by molar-refractivity contribution is 0.493. The summed E-state index contributed by atoms with van der Waals surface area (Å²) in [6.45, 7) is 6.34. The molecular formula is C11H17N5. The fourth-order valence-corrected chi connectivity index (χ4v) is 1.30. The number of nitrogens with two attached hydrogens (primary N) is 1. The number of hydrogen-bond donors (Lipinski definition) is 2. The molecule has 86 valence electrons. The van der Waals surface area contributed by atoms with Gasteiger partial charge in [0.05, 0.1) is 6.20 Å². The van der Waals surface area contributed by atoms with E-state index < -0.39 is 0 Å². The second-order valence-electron chi connectivity index (χ2n) is 3.92. The van der Waals surface area contributed by atoms with Gasteiger partial charge >= 0.3 is 0 Å². The van der Waals surface area contributed by atoms with E-state index in [1.165, 1.54) is 6.20 Å². The van der Waals surface area contributed by atoms with E-state index in [4.69, 9.17) is 11.0 Å². The van der Waals surface area contributed by atoms with Gasteiger partial charge in [-0.05, 0) is 12.8 Å². The minimum atomic E-state index is 0.179. The van der Waals surface area contributed by atoms with Gasteiger partial charge in [-0.2, -0.15) is 10.2 Å². The van der Waals surface area contributed by atoms with E-state index in [1.54, 1.807) is 0 Å². The average Bonchev–Trinajstić information content (AvgIpc) is 2.28. The molecule has 0 fully saturated rings. The van der Waals surface area contributed by atoms with E-state index in [9.17, 15) is 0 Å². The van der Waals surface area contributed by atoms with E-state index in [0.717, 1.165) is 6.42 Å². The molecular weight excluding hydrogens is 202 g/mol. The maximum atomic E-state index is 8.91. The lowest BCUT2D eigenvalue weighted by Crippen LogP contribution is -2.24. The Labute approximate surface area is 95.7 Å². The van der Waals surface area contributed by atoms with Crippen molar-refractivity contribution in [3.8, 4) is 6.07 Å². The van der Waals surface area contributed by atoms with Crippen LogP contribution < -0.4 is 11.1 Å². The molecule has 1 heterocycles. The molecule has 5 heteroatoms. The molecule has 0 amide bonds. The summed E-state index contributed by atoms with van der Waals surface area (Å²) in [7, 11) is 0. The number of anilines is 2. The first kappa shape index (κ1) is 12.2. The summed E-state index contributed by atoms with van der Waals surface area (Å²) in [6, 6.07) is 2.28.